The molecule has 1 unspecified atom stereocenters. The number of benzene rings is 2. The fourth-order valence-electron chi connectivity index (χ4n) is 2.21. The van der Waals surface area contributed by atoms with Gasteiger partial charge < -0.3 is 10.1 Å². The number of aryl methyl sites for hydroxylation is 1. The molecule has 0 spiro atoms. The summed E-state index contributed by atoms with van der Waals surface area (Å²) in [6.45, 7) is 2.37. The number of hydrogen-bond donors (Lipinski definition) is 1. The molecule has 3 rings (SSSR count). The van der Waals surface area contributed by atoms with Crippen LogP contribution in [0.2, 0.25) is 0 Å². The van der Waals surface area contributed by atoms with Gasteiger partial charge >= 0.3 is 0 Å². The van der Waals surface area contributed by atoms with Crippen LogP contribution in [-0.4, -0.2) is 6.54 Å². The molecule has 2 aromatic carbocycles. The van der Waals surface area contributed by atoms with Crippen LogP contribution in [0.15, 0.2) is 36.4 Å². The minimum absolute atomic E-state index is 0.236. The van der Waals surface area contributed by atoms with Gasteiger partial charge in [0.15, 0.2) is 11.6 Å². The maximum Gasteiger partial charge on any atom is 0.165 e. The average Bonchev–Trinajstić information content (AvgIpc) is 2.41. The SMILES string of the molecule is Cc1ccc2c(c1)OC(c1cccc(F)c1F)CN2. The summed E-state index contributed by atoms with van der Waals surface area (Å²) in [7, 11) is 0. The highest BCUT2D eigenvalue weighted by atomic mass is 19.2. The highest BCUT2D eigenvalue weighted by Crippen LogP contribution is 2.35. The zero-order chi connectivity index (χ0) is 13.4. The van der Waals surface area contributed by atoms with Gasteiger partial charge in [-0.25, -0.2) is 8.78 Å². The van der Waals surface area contributed by atoms with Crippen LogP contribution in [0, 0.1) is 18.6 Å². The van der Waals surface area contributed by atoms with Crippen molar-refractivity contribution in [1.82, 2.24) is 0 Å². The summed E-state index contributed by atoms with van der Waals surface area (Å²) < 4.78 is 32.8. The van der Waals surface area contributed by atoms with Crippen LogP contribution in [0.5, 0.6) is 5.75 Å². The quantitative estimate of drug-likeness (QED) is 0.842. The molecule has 0 amide bonds. The molecule has 4 heteroatoms. The number of ether oxygens (including phenoxy) is 1. The van der Waals surface area contributed by atoms with E-state index in [0.717, 1.165) is 17.3 Å². The Bertz CT molecular complexity index is 628. The molecule has 98 valence electrons. The van der Waals surface area contributed by atoms with Gasteiger partial charge in [-0.3, -0.25) is 0 Å². The van der Waals surface area contributed by atoms with Gasteiger partial charge in [0.1, 0.15) is 11.9 Å². The van der Waals surface area contributed by atoms with E-state index in [-0.39, 0.29) is 5.56 Å². The maximum absolute atomic E-state index is 13.8. The van der Waals surface area contributed by atoms with Gasteiger partial charge in [0.25, 0.3) is 0 Å². The van der Waals surface area contributed by atoms with Gasteiger partial charge in [0, 0.05) is 5.56 Å². The number of halogens is 2. The Morgan fingerprint density at radius 3 is 2.89 bits per heavy atom. The third-order valence-corrected chi connectivity index (χ3v) is 3.21. The minimum atomic E-state index is -0.851. The topological polar surface area (TPSA) is 21.3 Å². The molecule has 1 aliphatic rings. The molecule has 1 aliphatic heterocycles. The number of fused-ring (bicyclic) bond motifs is 1. The van der Waals surface area contributed by atoms with Gasteiger partial charge in [-0.15, -0.1) is 0 Å². The first kappa shape index (κ1) is 12.0. The van der Waals surface area contributed by atoms with Crippen molar-refractivity contribution in [2.45, 2.75) is 13.0 Å². The summed E-state index contributed by atoms with van der Waals surface area (Å²) in [4.78, 5) is 0. The molecule has 0 aromatic heterocycles. The molecular formula is C15H13F2NO. The van der Waals surface area contributed by atoms with Crippen molar-refractivity contribution in [3.8, 4) is 5.75 Å². The van der Waals surface area contributed by atoms with Crippen LogP contribution in [0.1, 0.15) is 17.2 Å². The number of rotatable bonds is 1. The zero-order valence-corrected chi connectivity index (χ0v) is 10.4. The second kappa shape index (κ2) is 4.53. The first-order chi connectivity index (χ1) is 9.15. The molecule has 19 heavy (non-hydrogen) atoms. The second-order valence-electron chi connectivity index (χ2n) is 4.63. The summed E-state index contributed by atoms with van der Waals surface area (Å²) in [5.74, 6) is -1.03. The van der Waals surface area contributed by atoms with Crippen molar-refractivity contribution < 1.29 is 13.5 Å². The first-order valence-electron chi connectivity index (χ1n) is 6.10. The van der Waals surface area contributed by atoms with E-state index in [9.17, 15) is 8.78 Å². The van der Waals surface area contributed by atoms with E-state index in [1.54, 1.807) is 6.07 Å². The van der Waals surface area contributed by atoms with Crippen LogP contribution in [-0.2, 0) is 0 Å². The molecular weight excluding hydrogens is 248 g/mol. The second-order valence-corrected chi connectivity index (χ2v) is 4.63. The number of hydrogen-bond acceptors (Lipinski definition) is 2. The Morgan fingerprint density at radius 2 is 2.05 bits per heavy atom. The van der Waals surface area contributed by atoms with Gasteiger partial charge in [0.2, 0.25) is 0 Å². The third-order valence-electron chi connectivity index (χ3n) is 3.21. The predicted octanol–water partition coefficient (Wildman–Crippen LogP) is 3.82. The predicted molar refractivity (Wildman–Crippen MR) is 69.4 cm³/mol. The lowest BCUT2D eigenvalue weighted by Crippen LogP contribution is -2.24. The van der Waals surface area contributed by atoms with Gasteiger partial charge in [-0.05, 0) is 30.7 Å². The van der Waals surface area contributed by atoms with Gasteiger partial charge in [0.05, 0.1) is 12.2 Å². The summed E-state index contributed by atoms with van der Waals surface area (Å²) in [5, 5.41) is 3.17. The Balaban J connectivity index is 1.95. The molecule has 1 heterocycles. The van der Waals surface area contributed by atoms with E-state index in [0.29, 0.717) is 12.3 Å². The zero-order valence-electron chi connectivity index (χ0n) is 10.4. The molecule has 1 N–H and O–H groups in total. The summed E-state index contributed by atoms with van der Waals surface area (Å²) in [6, 6.07) is 9.91. The Morgan fingerprint density at radius 1 is 1.21 bits per heavy atom. The highest BCUT2D eigenvalue weighted by molar-refractivity contribution is 5.59. The van der Waals surface area contributed by atoms with E-state index in [1.807, 2.05) is 25.1 Å². The maximum atomic E-state index is 13.8. The van der Waals surface area contributed by atoms with Crippen LogP contribution < -0.4 is 10.1 Å². The lowest BCUT2D eigenvalue weighted by atomic mass is 10.1. The van der Waals surface area contributed by atoms with Gasteiger partial charge in [-0.2, -0.15) is 0 Å². The van der Waals surface area contributed by atoms with Crippen molar-refractivity contribution in [2.24, 2.45) is 0 Å². The third kappa shape index (κ3) is 2.14. The smallest absolute Gasteiger partial charge is 0.165 e. The molecule has 0 aliphatic carbocycles. The van der Waals surface area contributed by atoms with E-state index < -0.39 is 17.7 Å². The van der Waals surface area contributed by atoms with Crippen LogP contribution in [0.3, 0.4) is 0 Å². The van der Waals surface area contributed by atoms with Crippen molar-refractivity contribution in [3.05, 3.63) is 59.2 Å². The molecule has 0 radical (unpaired) electrons. The monoisotopic (exact) mass is 261 g/mol. The van der Waals surface area contributed by atoms with E-state index in [4.69, 9.17) is 4.74 Å². The molecule has 2 nitrogen and oxygen atoms in total. The standard InChI is InChI=1S/C15H13F2NO/c1-9-5-6-12-13(7-9)19-14(8-18-12)10-3-2-4-11(16)15(10)17/h2-7,14,18H,8H2,1H3. The fourth-order valence-corrected chi connectivity index (χ4v) is 2.21. The van der Waals surface area contributed by atoms with Crippen LogP contribution in [0.4, 0.5) is 14.5 Å². The molecule has 0 fully saturated rings. The molecule has 0 saturated heterocycles. The Hall–Kier alpha value is -2.10. The fraction of sp³-hybridized carbons (Fsp3) is 0.200. The van der Waals surface area contributed by atoms with Gasteiger partial charge in [-0.1, -0.05) is 18.2 Å². The van der Waals surface area contributed by atoms with E-state index in [2.05, 4.69) is 5.32 Å². The van der Waals surface area contributed by atoms with Crippen molar-refractivity contribution in [1.29, 1.82) is 0 Å². The van der Waals surface area contributed by atoms with E-state index in [1.165, 1.54) is 6.07 Å². The lowest BCUT2D eigenvalue weighted by molar-refractivity contribution is 0.204. The summed E-state index contributed by atoms with van der Waals surface area (Å²) >= 11 is 0. The highest BCUT2D eigenvalue weighted by Gasteiger charge is 2.24. The largest absolute Gasteiger partial charge is 0.482 e. The van der Waals surface area contributed by atoms with Crippen LogP contribution >= 0.6 is 0 Å². The van der Waals surface area contributed by atoms with Crippen molar-refractivity contribution in [2.75, 3.05) is 11.9 Å². The Labute approximate surface area is 110 Å². The van der Waals surface area contributed by atoms with E-state index >= 15 is 0 Å². The number of nitrogens with one attached hydrogen (secondary N) is 1. The molecule has 0 saturated carbocycles. The molecule has 0 bridgehead atoms. The molecule has 2 aromatic rings. The lowest BCUT2D eigenvalue weighted by Gasteiger charge is -2.28. The summed E-state index contributed by atoms with van der Waals surface area (Å²) in [5.41, 5.74) is 2.17. The van der Waals surface area contributed by atoms with Crippen molar-refractivity contribution >= 4 is 5.69 Å². The summed E-state index contributed by atoms with van der Waals surface area (Å²) in [6.07, 6.45) is -0.523. The minimum Gasteiger partial charge on any atom is -0.482 e. The van der Waals surface area contributed by atoms with Crippen molar-refractivity contribution in [3.63, 3.8) is 0 Å². The Kier molecular flexibility index (Phi) is 2.85. The van der Waals surface area contributed by atoms with Crippen LogP contribution in [0.25, 0.3) is 0 Å². The molecule has 1 atom stereocenters. The number of anilines is 1. The normalized spacial score (nSPS) is 17.3. The first-order valence-corrected chi connectivity index (χ1v) is 6.10. The average molecular weight is 261 g/mol.